The summed E-state index contributed by atoms with van der Waals surface area (Å²) in [5, 5.41) is 0. The Morgan fingerprint density at radius 1 is 1.31 bits per heavy atom. The molecule has 1 atom stereocenters. The highest BCUT2D eigenvalue weighted by Crippen LogP contribution is 2.04. The number of ether oxygens (including phenoxy) is 1. The Kier molecular flexibility index (Phi) is 3.88. The summed E-state index contributed by atoms with van der Waals surface area (Å²) in [6.45, 7) is 4.31. The summed E-state index contributed by atoms with van der Waals surface area (Å²) < 4.78 is 13.1. The van der Waals surface area contributed by atoms with Gasteiger partial charge in [-0.3, -0.25) is 0 Å². The second-order valence-corrected chi connectivity index (χ2v) is 3.25. The van der Waals surface area contributed by atoms with Gasteiger partial charge in [-0.05, 0) is 18.9 Å². The second kappa shape index (κ2) is 5.76. The molecule has 0 aliphatic carbocycles. The molecule has 1 heteroatoms. The third-order valence-corrected chi connectivity index (χ3v) is 1.91. The molecule has 1 unspecified atom stereocenters. The van der Waals surface area contributed by atoms with Crippen LogP contribution in [0.4, 0.5) is 0 Å². The molecule has 13 heavy (non-hydrogen) atoms. The summed E-state index contributed by atoms with van der Waals surface area (Å²) in [4.78, 5) is 0. The zero-order chi connectivity index (χ0) is 10.4. The molecule has 0 radical (unpaired) electrons. The molecule has 0 aliphatic rings. The molecule has 0 spiro atoms. The monoisotopic (exact) mass is 179 g/mol. The largest absolute Gasteiger partial charge is 0.377 e. The Bertz CT molecular complexity index is 256. The Morgan fingerprint density at radius 2 is 2.00 bits per heavy atom. The zero-order valence-electron chi connectivity index (χ0n) is 9.42. The average molecular weight is 179 g/mol. The van der Waals surface area contributed by atoms with Gasteiger partial charge < -0.3 is 4.74 Å². The third-order valence-electron chi connectivity index (χ3n) is 1.91. The fraction of sp³-hybridized carbons (Fsp3) is 0.500. The highest BCUT2D eigenvalue weighted by molar-refractivity contribution is 5.20. The maximum atomic E-state index is 7.74. The van der Waals surface area contributed by atoms with Crippen molar-refractivity contribution in [2.75, 3.05) is 6.61 Å². The minimum atomic E-state index is -0.526. The van der Waals surface area contributed by atoms with E-state index in [0.29, 0.717) is 6.61 Å². The summed E-state index contributed by atoms with van der Waals surface area (Å²) in [5.74, 6) is 0. The quantitative estimate of drug-likeness (QED) is 0.630. The molecular formula is C12H18O. The second-order valence-electron chi connectivity index (χ2n) is 3.25. The summed E-state index contributed by atoms with van der Waals surface area (Å²) in [7, 11) is 0. The van der Waals surface area contributed by atoms with Crippen LogP contribution in [-0.2, 0) is 11.3 Å². The number of hydrogen-bond acceptors (Lipinski definition) is 1. The van der Waals surface area contributed by atoms with Crippen molar-refractivity contribution >= 4 is 0 Å². The van der Waals surface area contributed by atoms with Gasteiger partial charge in [-0.25, -0.2) is 0 Å². The fourth-order valence-electron chi connectivity index (χ4n) is 1.03. The van der Waals surface area contributed by atoms with Crippen LogP contribution in [-0.4, -0.2) is 6.61 Å². The lowest BCUT2D eigenvalue weighted by Gasteiger charge is -2.03. The van der Waals surface area contributed by atoms with Crippen LogP contribution in [0.2, 0.25) is 0 Å². The number of rotatable bonds is 5. The predicted molar refractivity (Wildman–Crippen MR) is 55.7 cm³/mol. The number of benzene rings is 1. The van der Waals surface area contributed by atoms with Crippen molar-refractivity contribution in [3.63, 3.8) is 0 Å². The number of unbranched alkanes of at least 4 members (excludes halogenated alkanes) is 1. The first-order valence-electron chi connectivity index (χ1n) is 5.42. The molecule has 0 saturated carbocycles. The van der Waals surface area contributed by atoms with E-state index >= 15 is 0 Å². The van der Waals surface area contributed by atoms with Crippen LogP contribution in [0.25, 0.3) is 0 Å². The Balaban J connectivity index is 2.43. The molecule has 1 aromatic rings. The fourth-order valence-corrected chi connectivity index (χ4v) is 1.03. The van der Waals surface area contributed by atoms with Gasteiger partial charge in [0.2, 0.25) is 0 Å². The van der Waals surface area contributed by atoms with Gasteiger partial charge in [0.1, 0.15) is 0 Å². The topological polar surface area (TPSA) is 9.23 Å². The Morgan fingerprint density at radius 3 is 2.62 bits per heavy atom. The summed E-state index contributed by atoms with van der Waals surface area (Å²) in [5.41, 5.74) is 2.15. The highest BCUT2D eigenvalue weighted by atomic mass is 16.5. The van der Waals surface area contributed by atoms with Gasteiger partial charge in [0.25, 0.3) is 0 Å². The van der Waals surface area contributed by atoms with Gasteiger partial charge in [0.15, 0.2) is 0 Å². The number of hydrogen-bond donors (Lipinski definition) is 0. The lowest BCUT2D eigenvalue weighted by Crippen LogP contribution is -1.94. The maximum absolute atomic E-state index is 7.74. The van der Waals surface area contributed by atoms with Gasteiger partial charge in [0, 0.05) is 6.61 Å². The normalized spacial score (nSPS) is 13.8. The molecule has 0 bridgehead atoms. The van der Waals surface area contributed by atoms with E-state index in [-0.39, 0.29) is 0 Å². The van der Waals surface area contributed by atoms with Crippen molar-refractivity contribution in [1.82, 2.24) is 0 Å². The van der Waals surface area contributed by atoms with Crippen LogP contribution in [0, 0.1) is 6.92 Å². The summed E-state index contributed by atoms with van der Waals surface area (Å²) in [6.07, 6.45) is 2.14. The van der Waals surface area contributed by atoms with E-state index in [0.717, 1.165) is 18.4 Å². The van der Waals surface area contributed by atoms with Gasteiger partial charge in [-0.1, -0.05) is 43.2 Å². The molecule has 1 nitrogen and oxygen atoms in total. The van der Waals surface area contributed by atoms with Gasteiger partial charge in [0.05, 0.1) is 7.95 Å². The SMILES string of the molecule is [2H]C(OCCCC)c1ccc(C)cc1. The first-order valence-corrected chi connectivity index (χ1v) is 4.84. The molecule has 0 N–H and O–H groups in total. The van der Waals surface area contributed by atoms with Crippen LogP contribution >= 0.6 is 0 Å². The standard InChI is InChI=1S/C12H18O/c1-3-4-9-13-10-12-7-5-11(2)6-8-12/h5-8H,3-4,9-10H2,1-2H3/i10D. The van der Waals surface area contributed by atoms with Crippen LogP contribution in [0.3, 0.4) is 0 Å². The van der Waals surface area contributed by atoms with E-state index in [9.17, 15) is 0 Å². The molecule has 1 aromatic carbocycles. The van der Waals surface area contributed by atoms with Crippen LogP contribution in [0.1, 0.15) is 32.3 Å². The Hall–Kier alpha value is -0.820. The molecule has 0 heterocycles. The molecule has 0 aliphatic heterocycles. The van der Waals surface area contributed by atoms with E-state index in [1.54, 1.807) is 0 Å². The first-order chi connectivity index (χ1) is 6.74. The van der Waals surface area contributed by atoms with Gasteiger partial charge >= 0.3 is 0 Å². The zero-order valence-corrected chi connectivity index (χ0v) is 8.42. The predicted octanol–water partition coefficient (Wildman–Crippen LogP) is 3.31. The van der Waals surface area contributed by atoms with E-state index in [2.05, 4.69) is 6.92 Å². The maximum Gasteiger partial charge on any atom is 0.0716 e. The van der Waals surface area contributed by atoms with Crippen LogP contribution in [0.5, 0.6) is 0 Å². The minimum Gasteiger partial charge on any atom is -0.377 e. The highest BCUT2D eigenvalue weighted by Gasteiger charge is 1.91. The summed E-state index contributed by atoms with van der Waals surface area (Å²) in [6, 6.07) is 7.94. The van der Waals surface area contributed by atoms with E-state index in [1.807, 2.05) is 31.2 Å². The van der Waals surface area contributed by atoms with Crippen molar-refractivity contribution in [3.05, 3.63) is 35.4 Å². The summed E-state index contributed by atoms with van der Waals surface area (Å²) >= 11 is 0. The number of aryl methyl sites for hydroxylation is 1. The van der Waals surface area contributed by atoms with Crippen molar-refractivity contribution < 1.29 is 6.11 Å². The van der Waals surface area contributed by atoms with E-state index in [1.165, 1.54) is 5.56 Å². The van der Waals surface area contributed by atoms with Crippen molar-refractivity contribution in [3.8, 4) is 0 Å². The van der Waals surface area contributed by atoms with Crippen LogP contribution < -0.4 is 0 Å². The van der Waals surface area contributed by atoms with Crippen LogP contribution in [0.15, 0.2) is 24.3 Å². The average Bonchev–Trinajstić information content (AvgIpc) is 2.19. The van der Waals surface area contributed by atoms with E-state index in [4.69, 9.17) is 6.11 Å². The molecule has 0 saturated heterocycles. The van der Waals surface area contributed by atoms with E-state index < -0.39 is 6.58 Å². The molecule has 0 aromatic heterocycles. The lowest BCUT2D eigenvalue weighted by atomic mass is 10.2. The molecule has 0 amide bonds. The molecular weight excluding hydrogens is 160 g/mol. The van der Waals surface area contributed by atoms with Crippen molar-refractivity contribution in [2.45, 2.75) is 33.3 Å². The molecule has 72 valence electrons. The third kappa shape index (κ3) is 4.09. The lowest BCUT2D eigenvalue weighted by molar-refractivity contribution is 0.118. The van der Waals surface area contributed by atoms with Gasteiger partial charge in [-0.2, -0.15) is 0 Å². The smallest absolute Gasteiger partial charge is 0.0716 e. The molecule has 1 rings (SSSR count). The molecule has 0 fully saturated rings. The first kappa shape index (κ1) is 8.76. The van der Waals surface area contributed by atoms with Crippen molar-refractivity contribution in [2.24, 2.45) is 0 Å². The van der Waals surface area contributed by atoms with Gasteiger partial charge in [-0.15, -0.1) is 0 Å². The minimum absolute atomic E-state index is 0.526. The van der Waals surface area contributed by atoms with Crippen molar-refractivity contribution in [1.29, 1.82) is 0 Å². The Labute approximate surface area is 82.1 Å².